The molecule has 2 rings (SSSR count). The first kappa shape index (κ1) is 13.6. The second-order valence-corrected chi connectivity index (χ2v) is 6.13. The molecule has 1 aromatic heterocycles. The maximum Gasteiger partial charge on any atom is 0.230 e. The SMILES string of the molecule is COC1=CC(=O)c2c(c(CC(C)(C)C)cn2C)C1=O. The van der Waals surface area contributed by atoms with Gasteiger partial charge in [0.2, 0.25) is 11.6 Å². The van der Waals surface area contributed by atoms with Crippen LogP contribution in [-0.2, 0) is 18.2 Å². The number of rotatable bonds is 2. The van der Waals surface area contributed by atoms with E-state index in [9.17, 15) is 9.59 Å². The van der Waals surface area contributed by atoms with E-state index in [2.05, 4.69) is 20.8 Å². The third-order valence-electron chi connectivity index (χ3n) is 3.15. The average Bonchev–Trinajstić information content (AvgIpc) is 2.58. The molecule has 1 aromatic rings. The van der Waals surface area contributed by atoms with E-state index in [1.165, 1.54) is 13.2 Å². The molecule has 1 aliphatic rings. The molecule has 0 fully saturated rings. The van der Waals surface area contributed by atoms with E-state index in [-0.39, 0.29) is 22.7 Å². The minimum Gasteiger partial charge on any atom is -0.492 e. The zero-order valence-corrected chi connectivity index (χ0v) is 12.0. The van der Waals surface area contributed by atoms with Crippen molar-refractivity contribution in [3.63, 3.8) is 0 Å². The van der Waals surface area contributed by atoms with Crippen LogP contribution in [-0.4, -0.2) is 23.2 Å². The molecule has 0 bridgehead atoms. The third kappa shape index (κ3) is 2.35. The van der Waals surface area contributed by atoms with Gasteiger partial charge in [0, 0.05) is 19.3 Å². The minimum absolute atomic E-state index is 0.0485. The molecular formula is C15H19NO3. The predicted molar refractivity (Wildman–Crippen MR) is 72.3 cm³/mol. The van der Waals surface area contributed by atoms with E-state index < -0.39 is 0 Å². The summed E-state index contributed by atoms with van der Waals surface area (Å²) in [5, 5.41) is 0. The second kappa shape index (κ2) is 4.37. The van der Waals surface area contributed by atoms with Crippen molar-refractivity contribution in [1.82, 2.24) is 4.57 Å². The number of hydrogen-bond donors (Lipinski definition) is 0. The smallest absolute Gasteiger partial charge is 0.230 e. The van der Waals surface area contributed by atoms with Gasteiger partial charge in [-0.1, -0.05) is 20.8 Å². The van der Waals surface area contributed by atoms with Gasteiger partial charge in [0.05, 0.1) is 12.7 Å². The van der Waals surface area contributed by atoms with Crippen molar-refractivity contribution in [3.05, 3.63) is 34.9 Å². The van der Waals surface area contributed by atoms with Crippen LogP contribution >= 0.6 is 0 Å². The Balaban J connectivity index is 2.58. The third-order valence-corrected chi connectivity index (χ3v) is 3.15. The summed E-state index contributed by atoms with van der Waals surface area (Å²) in [5.74, 6) is -0.245. The highest BCUT2D eigenvalue weighted by molar-refractivity contribution is 6.23. The van der Waals surface area contributed by atoms with Crippen molar-refractivity contribution in [2.24, 2.45) is 12.5 Å². The molecule has 0 aliphatic heterocycles. The number of hydrogen-bond acceptors (Lipinski definition) is 3. The molecule has 1 heterocycles. The quantitative estimate of drug-likeness (QED) is 0.822. The van der Waals surface area contributed by atoms with Crippen molar-refractivity contribution in [1.29, 1.82) is 0 Å². The molecule has 0 spiro atoms. The Morgan fingerprint density at radius 1 is 1.26 bits per heavy atom. The number of methoxy groups -OCH3 is 1. The van der Waals surface area contributed by atoms with Gasteiger partial charge in [0.1, 0.15) is 5.69 Å². The summed E-state index contributed by atoms with van der Waals surface area (Å²) in [5.41, 5.74) is 1.92. The summed E-state index contributed by atoms with van der Waals surface area (Å²) in [7, 11) is 3.20. The van der Waals surface area contributed by atoms with Crippen LogP contribution in [0.25, 0.3) is 0 Å². The highest BCUT2D eigenvalue weighted by atomic mass is 16.5. The number of nitrogens with zero attached hydrogens (tertiary/aromatic N) is 1. The Morgan fingerprint density at radius 3 is 2.42 bits per heavy atom. The highest BCUT2D eigenvalue weighted by Gasteiger charge is 2.33. The van der Waals surface area contributed by atoms with Gasteiger partial charge in [-0.25, -0.2) is 0 Å². The largest absolute Gasteiger partial charge is 0.492 e. The lowest BCUT2D eigenvalue weighted by molar-refractivity contribution is 0.0913. The van der Waals surface area contributed by atoms with Crippen molar-refractivity contribution in [2.45, 2.75) is 27.2 Å². The molecule has 4 nitrogen and oxygen atoms in total. The predicted octanol–water partition coefficient (Wildman–Crippen LogP) is 2.52. The molecular weight excluding hydrogens is 242 g/mol. The van der Waals surface area contributed by atoms with Crippen LogP contribution in [0.1, 0.15) is 47.2 Å². The van der Waals surface area contributed by atoms with Crippen molar-refractivity contribution in [2.75, 3.05) is 7.11 Å². The Kier molecular flexibility index (Phi) is 3.12. The summed E-state index contributed by atoms with van der Waals surface area (Å²) in [6, 6.07) is 0. The fourth-order valence-electron chi connectivity index (χ4n) is 2.47. The first-order valence-corrected chi connectivity index (χ1v) is 6.27. The lowest BCUT2D eigenvalue weighted by Crippen LogP contribution is -2.21. The van der Waals surface area contributed by atoms with Crippen LogP contribution < -0.4 is 0 Å². The summed E-state index contributed by atoms with van der Waals surface area (Å²) >= 11 is 0. The van der Waals surface area contributed by atoms with Crippen LogP contribution in [0, 0.1) is 5.41 Å². The summed E-state index contributed by atoms with van der Waals surface area (Å²) in [4.78, 5) is 24.4. The Morgan fingerprint density at radius 2 is 1.89 bits per heavy atom. The number of aromatic nitrogens is 1. The number of carbonyl (C=O) groups is 2. The lowest BCUT2D eigenvalue weighted by Gasteiger charge is -2.19. The highest BCUT2D eigenvalue weighted by Crippen LogP contribution is 2.30. The van der Waals surface area contributed by atoms with Gasteiger partial charge in [-0.3, -0.25) is 9.59 Å². The number of ketones is 2. The number of Topliss-reactive ketones (excluding diaryl/α,β-unsaturated/α-hetero) is 1. The topological polar surface area (TPSA) is 48.3 Å². The van der Waals surface area contributed by atoms with E-state index in [0.29, 0.717) is 11.3 Å². The number of carbonyl (C=O) groups excluding carboxylic acids is 2. The van der Waals surface area contributed by atoms with Crippen LogP contribution in [0.15, 0.2) is 18.0 Å². The van der Waals surface area contributed by atoms with Gasteiger partial charge in [-0.15, -0.1) is 0 Å². The Bertz CT molecular complexity index is 585. The molecule has 0 unspecified atom stereocenters. The van der Waals surface area contributed by atoms with E-state index >= 15 is 0 Å². The summed E-state index contributed by atoms with van der Waals surface area (Å²) in [6.45, 7) is 6.32. The van der Waals surface area contributed by atoms with Crippen LogP contribution in [0.3, 0.4) is 0 Å². The van der Waals surface area contributed by atoms with E-state index in [1.54, 1.807) is 11.6 Å². The van der Waals surface area contributed by atoms with Gasteiger partial charge < -0.3 is 9.30 Å². The average molecular weight is 261 g/mol. The Hall–Kier alpha value is -1.84. The molecule has 0 radical (unpaired) electrons. The minimum atomic E-state index is -0.197. The van der Waals surface area contributed by atoms with Gasteiger partial charge in [-0.05, 0) is 17.4 Å². The number of aryl methyl sites for hydroxylation is 1. The maximum absolute atomic E-state index is 12.4. The number of ether oxygens (including phenoxy) is 1. The number of fused-ring (bicyclic) bond motifs is 1. The molecule has 0 aromatic carbocycles. The lowest BCUT2D eigenvalue weighted by atomic mass is 9.85. The fourth-order valence-corrected chi connectivity index (χ4v) is 2.47. The molecule has 19 heavy (non-hydrogen) atoms. The molecule has 4 heteroatoms. The molecule has 0 atom stereocenters. The molecule has 0 saturated carbocycles. The van der Waals surface area contributed by atoms with Crippen LogP contribution in [0.4, 0.5) is 0 Å². The normalized spacial score (nSPS) is 15.3. The second-order valence-electron chi connectivity index (χ2n) is 6.13. The van der Waals surface area contributed by atoms with Crippen LogP contribution in [0.2, 0.25) is 0 Å². The van der Waals surface area contributed by atoms with Gasteiger partial charge >= 0.3 is 0 Å². The fraction of sp³-hybridized carbons (Fsp3) is 0.467. The van der Waals surface area contributed by atoms with Crippen molar-refractivity contribution in [3.8, 4) is 0 Å². The monoisotopic (exact) mass is 261 g/mol. The Labute approximate surface area is 113 Å². The van der Waals surface area contributed by atoms with Crippen molar-refractivity contribution >= 4 is 11.6 Å². The standard InChI is InChI=1S/C15H19NO3/c1-15(2,3)7-9-8-16(4)13-10(17)6-11(19-5)14(18)12(9)13/h6,8H,7H2,1-5H3. The molecule has 1 aliphatic carbocycles. The number of allylic oxidation sites excluding steroid dienone is 2. The molecule has 0 amide bonds. The summed E-state index contributed by atoms with van der Waals surface area (Å²) < 4.78 is 6.74. The molecule has 0 saturated heterocycles. The first-order valence-electron chi connectivity index (χ1n) is 6.27. The van der Waals surface area contributed by atoms with Crippen molar-refractivity contribution < 1.29 is 14.3 Å². The molecule has 102 valence electrons. The zero-order valence-electron chi connectivity index (χ0n) is 12.0. The van der Waals surface area contributed by atoms with Crippen LogP contribution in [0.5, 0.6) is 0 Å². The molecule has 0 N–H and O–H groups in total. The van der Waals surface area contributed by atoms with Gasteiger partial charge in [0.15, 0.2) is 5.76 Å². The van der Waals surface area contributed by atoms with Gasteiger partial charge in [0.25, 0.3) is 0 Å². The first-order chi connectivity index (χ1) is 8.74. The maximum atomic E-state index is 12.4. The van der Waals surface area contributed by atoms with E-state index in [0.717, 1.165) is 12.0 Å². The summed E-state index contributed by atoms with van der Waals surface area (Å²) in [6.07, 6.45) is 3.88. The zero-order chi connectivity index (χ0) is 14.4. The van der Waals surface area contributed by atoms with Gasteiger partial charge in [-0.2, -0.15) is 0 Å². The van der Waals surface area contributed by atoms with E-state index in [1.807, 2.05) is 6.20 Å². The van der Waals surface area contributed by atoms with E-state index in [4.69, 9.17) is 4.74 Å².